The van der Waals surface area contributed by atoms with Gasteiger partial charge in [-0.1, -0.05) is 58.4 Å². The fraction of sp³-hybridized carbons (Fsp3) is 0.227. The zero-order chi connectivity index (χ0) is 21.3. The molecule has 0 bridgehead atoms. The van der Waals surface area contributed by atoms with Crippen LogP contribution in [0.5, 0.6) is 0 Å². The number of aromatic nitrogens is 2. The standard InChI is InChI=1S/C22H20BrN3O4/c1-3-30-20(27)18-13-17(14-9-11-16(23)12-10-14)25-26(18)22(15-7-5-4-6-8-15)19(24-22)21(28)29-2/h4-13,19,24H,3H2,1-2H3/t19-,22-/m1/s1. The third-order valence-electron chi connectivity index (χ3n) is 5.02. The highest BCUT2D eigenvalue weighted by molar-refractivity contribution is 9.10. The molecular weight excluding hydrogens is 450 g/mol. The lowest BCUT2D eigenvalue weighted by Gasteiger charge is -2.18. The summed E-state index contributed by atoms with van der Waals surface area (Å²) in [5.74, 6) is -0.949. The third-order valence-corrected chi connectivity index (χ3v) is 5.55. The van der Waals surface area contributed by atoms with Gasteiger partial charge in [0.2, 0.25) is 0 Å². The lowest BCUT2D eigenvalue weighted by atomic mass is 10.0. The molecule has 0 spiro atoms. The van der Waals surface area contributed by atoms with Crippen LogP contribution in [0, 0.1) is 0 Å². The Morgan fingerprint density at radius 2 is 1.87 bits per heavy atom. The highest BCUT2D eigenvalue weighted by atomic mass is 79.9. The number of hydrogen-bond donors (Lipinski definition) is 1. The molecule has 0 unspecified atom stereocenters. The van der Waals surface area contributed by atoms with Crippen molar-refractivity contribution in [2.45, 2.75) is 18.6 Å². The minimum absolute atomic E-state index is 0.226. The number of halogens is 1. The van der Waals surface area contributed by atoms with Gasteiger partial charge in [0, 0.05) is 10.0 Å². The van der Waals surface area contributed by atoms with Crippen LogP contribution in [0.2, 0.25) is 0 Å². The molecule has 1 fully saturated rings. The number of methoxy groups -OCH3 is 1. The molecule has 2 heterocycles. The van der Waals surface area contributed by atoms with Crippen molar-refractivity contribution in [1.82, 2.24) is 15.1 Å². The number of nitrogens with zero attached hydrogens (tertiary/aromatic N) is 2. The van der Waals surface area contributed by atoms with Crippen LogP contribution in [-0.4, -0.2) is 41.5 Å². The van der Waals surface area contributed by atoms with Crippen molar-refractivity contribution < 1.29 is 19.1 Å². The van der Waals surface area contributed by atoms with Crippen LogP contribution in [0.3, 0.4) is 0 Å². The molecule has 0 saturated carbocycles. The summed E-state index contributed by atoms with van der Waals surface area (Å²) in [6.07, 6.45) is 0. The molecule has 0 aliphatic carbocycles. The Balaban J connectivity index is 1.89. The van der Waals surface area contributed by atoms with E-state index in [4.69, 9.17) is 14.6 Å². The van der Waals surface area contributed by atoms with E-state index in [1.54, 1.807) is 17.7 Å². The van der Waals surface area contributed by atoms with Crippen LogP contribution in [-0.2, 0) is 19.9 Å². The Hall–Kier alpha value is -2.97. The highest BCUT2D eigenvalue weighted by Crippen LogP contribution is 2.41. The molecule has 0 amide bonds. The minimum Gasteiger partial charge on any atom is -0.468 e. The molecule has 7 nitrogen and oxygen atoms in total. The van der Waals surface area contributed by atoms with Gasteiger partial charge in [0.15, 0.2) is 11.7 Å². The SMILES string of the molecule is CCOC(=O)c1cc(-c2ccc(Br)cc2)nn1[C@@]1(c2ccccc2)N[C@@H]1C(=O)OC. The van der Waals surface area contributed by atoms with Crippen molar-refractivity contribution in [3.05, 3.63) is 76.4 Å². The fourth-order valence-corrected chi connectivity index (χ4v) is 3.80. The molecule has 3 aromatic rings. The van der Waals surface area contributed by atoms with E-state index in [1.165, 1.54) is 7.11 Å². The quantitative estimate of drug-likeness (QED) is 0.439. The van der Waals surface area contributed by atoms with Gasteiger partial charge in [0.25, 0.3) is 0 Å². The van der Waals surface area contributed by atoms with Crippen molar-refractivity contribution in [1.29, 1.82) is 0 Å². The van der Waals surface area contributed by atoms with Crippen molar-refractivity contribution in [2.75, 3.05) is 13.7 Å². The smallest absolute Gasteiger partial charge is 0.356 e. The molecule has 8 heteroatoms. The molecule has 1 aliphatic heterocycles. The van der Waals surface area contributed by atoms with Gasteiger partial charge >= 0.3 is 11.9 Å². The second kappa shape index (κ2) is 8.04. The molecule has 2 aromatic carbocycles. The first kappa shape index (κ1) is 20.3. The first-order valence-electron chi connectivity index (χ1n) is 9.46. The van der Waals surface area contributed by atoms with E-state index in [2.05, 4.69) is 21.2 Å². The van der Waals surface area contributed by atoms with Gasteiger partial charge < -0.3 is 9.47 Å². The van der Waals surface area contributed by atoms with E-state index in [-0.39, 0.29) is 12.3 Å². The number of rotatable bonds is 6. The van der Waals surface area contributed by atoms with Crippen LogP contribution < -0.4 is 5.32 Å². The zero-order valence-electron chi connectivity index (χ0n) is 16.5. The van der Waals surface area contributed by atoms with E-state index >= 15 is 0 Å². The summed E-state index contributed by atoms with van der Waals surface area (Å²) in [6.45, 7) is 1.97. The van der Waals surface area contributed by atoms with Crippen LogP contribution in [0.4, 0.5) is 0 Å². The summed E-state index contributed by atoms with van der Waals surface area (Å²) in [5, 5.41) is 7.91. The first-order valence-corrected chi connectivity index (χ1v) is 10.2. The maximum absolute atomic E-state index is 12.8. The number of benzene rings is 2. The Labute approximate surface area is 182 Å². The van der Waals surface area contributed by atoms with Crippen LogP contribution in [0.25, 0.3) is 11.3 Å². The molecule has 154 valence electrons. The van der Waals surface area contributed by atoms with Crippen molar-refractivity contribution in [2.24, 2.45) is 0 Å². The van der Waals surface area contributed by atoms with Crippen LogP contribution in [0.1, 0.15) is 23.0 Å². The maximum atomic E-state index is 12.8. The number of esters is 2. The number of carbonyl (C=O) groups excluding carboxylic acids is 2. The average Bonchev–Trinajstić information content (AvgIpc) is 3.37. The molecule has 4 rings (SSSR count). The predicted octanol–water partition coefficient (Wildman–Crippen LogP) is 3.34. The van der Waals surface area contributed by atoms with E-state index in [9.17, 15) is 9.59 Å². The molecule has 30 heavy (non-hydrogen) atoms. The van der Waals surface area contributed by atoms with E-state index in [0.29, 0.717) is 5.69 Å². The van der Waals surface area contributed by atoms with Crippen LogP contribution in [0.15, 0.2) is 65.1 Å². The Morgan fingerprint density at radius 3 is 2.50 bits per heavy atom. The molecular formula is C22H20BrN3O4. The molecule has 2 atom stereocenters. The number of hydrogen-bond acceptors (Lipinski definition) is 6. The number of ether oxygens (including phenoxy) is 2. The van der Waals surface area contributed by atoms with E-state index < -0.39 is 23.6 Å². The van der Waals surface area contributed by atoms with Crippen molar-refractivity contribution in [3.8, 4) is 11.3 Å². The van der Waals surface area contributed by atoms with Gasteiger partial charge in [-0.05, 0) is 30.7 Å². The number of nitrogens with one attached hydrogen (secondary N) is 1. The summed E-state index contributed by atoms with van der Waals surface area (Å²) >= 11 is 3.42. The number of carbonyl (C=O) groups is 2. The third kappa shape index (κ3) is 3.42. The molecule has 1 saturated heterocycles. The second-order valence-electron chi connectivity index (χ2n) is 6.79. The average molecular weight is 470 g/mol. The van der Waals surface area contributed by atoms with Gasteiger partial charge in [-0.15, -0.1) is 0 Å². The molecule has 1 aliphatic rings. The lowest BCUT2D eigenvalue weighted by molar-refractivity contribution is -0.140. The van der Waals surface area contributed by atoms with Gasteiger partial charge in [-0.25, -0.2) is 9.48 Å². The predicted molar refractivity (Wildman–Crippen MR) is 114 cm³/mol. The Morgan fingerprint density at radius 1 is 1.17 bits per heavy atom. The summed E-state index contributed by atoms with van der Waals surface area (Å²) in [6, 6.07) is 18.0. The summed E-state index contributed by atoms with van der Waals surface area (Å²) in [7, 11) is 1.33. The molecule has 0 radical (unpaired) electrons. The second-order valence-corrected chi connectivity index (χ2v) is 7.70. The fourth-order valence-electron chi connectivity index (χ4n) is 3.54. The minimum atomic E-state index is -1.04. The summed E-state index contributed by atoms with van der Waals surface area (Å²) < 4.78 is 12.7. The highest BCUT2D eigenvalue weighted by Gasteiger charge is 2.63. The summed E-state index contributed by atoms with van der Waals surface area (Å²) in [4.78, 5) is 25.2. The van der Waals surface area contributed by atoms with Gasteiger partial charge in [-0.2, -0.15) is 5.10 Å². The van der Waals surface area contributed by atoms with Crippen molar-refractivity contribution >= 4 is 27.9 Å². The summed E-state index contributed by atoms with van der Waals surface area (Å²) in [5.41, 5.74) is 1.43. The topological polar surface area (TPSA) is 92.4 Å². The molecule has 1 N–H and O–H groups in total. The van der Waals surface area contributed by atoms with Crippen molar-refractivity contribution in [3.63, 3.8) is 0 Å². The molecule has 1 aromatic heterocycles. The maximum Gasteiger partial charge on any atom is 0.356 e. The van der Waals surface area contributed by atoms with Gasteiger partial charge in [-0.3, -0.25) is 10.1 Å². The normalized spacial score (nSPS) is 19.9. The first-order chi connectivity index (χ1) is 14.5. The van der Waals surface area contributed by atoms with Crippen LogP contribution >= 0.6 is 15.9 Å². The van der Waals surface area contributed by atoms with Gasteiger partial charge in [0.1, 0.15) is 5.69 Å². The zero-order valence-corrected chi connectivity index (χ0v) is 18.0. The largest absolute Gasteiger partial charge is 0.468 e. The monoisotopic (exact) mass is 469 g/mol. The van der Waals surface area contributed by atoms with E-state index in [0.717, 1.165) is 15.6 Å². The Kier molecular flexibility index (Phi) is 5.44. The van der Waals surface area contributed by atoms with Gasteiger partial charge in [0.05, 0.1) is 19.4 Å². The Bertz CT molecular complexity index is 1080. The lowest BCUT2D eigenvalue weighted by Crippen LogP contribution is -2.32. The van der Waals surface area contributed by atoms with E-state index in [1.807, 2.05) is 54.6 Å².